The Labute approximate surface area is 206 Å². The molecule has 198 valence electrons. The van der Waals surface area contributed by atoms with Gasteiger partial charge in [0.1, 0.15) is 17.2 Å². The molecule has 4 N–H and O–H groups in total. The number of anilines is 1. The zero-order valence-corrected chi connectivity index (χ0v) is 19.2. The number of likely N-dealkylation sites (N-methyl/N-ethyl adjacent to an activating group) is 1. The van der Waals surface area contributed by atoms with E-state index in [4.69, 9.17) is 5.73 Å². The van der Waals surface area contributed by atoms with Crippen LogP contribution in [0, 0.1) is 17.5 Å². The molecule has 0 aliphatic heterocycles. The maximum Gasteiger partial charge on any atom is 0.420 e. The first-order valence-corrected chi connectivity index (χ1v) is 10.7. The molecule has 3 aromatic rings. The normalized spacial score (nSPS) is 13.2. The third-order valence-corrected chi connectivity index (χ3v) is 5.49. The summed E-state index contributed by atoms with van der Waals surface area (Å²) in [5.41, 5.74) is 1.32. The molecular formula is C23H21F6N5O3. The fraction of sp³-hybridized carbons (Fsp3) is 0.261. The first-order chi connectivity index (χ1) is 17.3. The number of halogens is 6. The van der Waals surface area contributed by atoms with Crippen LogP contribution in [0.4, 0.5) is 32.2 Å². The van der Waals surface area contributed by atoms with Crippen molar-refractivity contribution < 1.29 is 41.0 Å². The molecule has 1 unspecified atom stereocenters. The van der Waals surface area contributed by atoms with Crippen molar-refractivity contribution in [2.24, 2.45) is 0 Å². The van der Waals surface area contributed by atoms with Crippen molar-refractivity contribution >= 4 is 17.6 Å². The summed E-state index contributed by atoms with van der Waals surface area (Å²) in [5.74, 6) is -6.16. The minimum absolute atomic E-state index is 0.270. The van der Waals surface area contributed by atoms with Crippen LogP contribution in [-0.2, 0) is 0 Å². The van der Waals surface area contributed by atoms with Gasteiger partial charge in [0.05, 0.1) is 30.5 Å². The van der Waals surface area contributed by atoms with Gasteiger partial charge in [0.2, 0.25) is 0 Å². The SMILES string of the molecule is CCN(CC(O)(CNC(=O)c1cnn(-c2ccc(F)cc2)c1N)C(F)(F)F)C(=O)c1cccc(F)c1F. The lowest BCUT2D eigenvalue weighted by atomic mass is 10.0. The van der Waals surface area contributed by atoms with Crippen LogP contribution in [0.25, 0.3) is 5.69 Å². The number of alkyl halides is 3. The number of hydrogen-bond acceptors (Lipinski definition) is 5. The molecule has 0 bridgehead atoms. The number of nitrogens with two attached hydrogens (primary N) is 1. The first-order valence-electron chi connectivity index (χ1n) is 10.7. The number of aliphatic hydroxyl groups is 1. The zero-order chi connectivity index (χ0) is 27.5. The number of rotatable bonds is 8. The smallest absolute Gasteiger partial charge is 0.383 e. The highest BCUT2D eigenvalue weighted by atomic mass is 19.4. The average Bonchev–Trinajstić information content (AvgIpc) is 3.23. The van der Waals surface area contributed by atoms with Gasteiger partial charge in [0.15, 0.2) is 17.2 Å². The topological polar surface area (TPSA) is 113 Å². The van der Waals surface area contributed by atoms with Gasteiger partial charge < -0.3 is 21.1 Å². The summed E-state index contributed by atoms with van der Waals surface area (Å²) in [4.78, 5) is 25.7. The number of benzene rings is 2. The van der Waals surface area contributed by atoms with E-state index in [1.165, 1.54) is 19.1 Å². The lowest BCUT2D eigenvalue weighted by Gasteiger charge is -2.35. The zero-order valence-electron chi connectivity index (χ0n) is 19.2. The fourth-order valence-corrected chi connectivity index (χ4v) is 3.37. The predicted octanol–water partition coefficient (Wildman–Crippen LogP) is 3.06. The summed E-state index contributed by atoms with van der Waals surface area (Å²) in [5, 5.41) is 16.2. The number of carbonyl (C=O) groups is 2. The molecule has 2 amide bonds. The highest BCUT2D eigenvalue weighted by Gasteiger charge is 2.55. The van der Waals surface area contributed by atoms with Crippen LogP contribution in [0.2, 0.25) is 0 Å². The van der Waals surface area contributed by atoms with Gasteiger partial charge in [-0.2, -0.15) is 18.3 Å². The number of nitrogen functional groups attached to an aromatic ring is 1. The Bertz CT molecular complexity index is 1300. The van der Waals surface area contributed by atoms with Gasteiger partial charge in [-0.1, -0.05) is 6.07 Å². The highest BCUT2D eigenvalue weighted by Crippen LogP contribution is 2.32. The van der Waals surface area contributed by atoms with Crippen LogP contribution in [0.15, 0.2) is 48.7 Å². The molecule has 0 radical (unpaired) electrons. The van der Waals surface area contributed by atoms with Gasteiger partial charge in [-0.05, 0) is 43.3 Å². The van der Waals surface area contributed by atoms with Crippen LogP contribution in [0.5, 0.6) is 0 Å². The van der Waals surface area contributed by atoms with Crippen molar-refractivity contribution in [3.8, 4) is 5.69 Å². The Hall–Kier alpha value is -4.07. The molecule has 2 aromatic carbocycles. The van der Waals surface area contributed by atoms with Crippen molar-refractivity contribution in [1.82, 2.24) is 20.0 Å². The molecule has 0 saturated carbocycles. The average molecular weight is 529 g/mol. The second kappa shape index (κ2) is 10.5. The molecule has 3 rings (SSSR count). The van der Waals surface area contributed by atoms with E-state index in [0.717, 1.165) is 41.2 Å². The van der Waals surface area contributed by atoms with Gasteiger partial charge >= 0.3 is 6.18 Å². The van der Waals surface area contributed by atoms with E-state index in [-0.39, 0.29) is 17.1 Å². The van der Waals surface area contributed by atoms with Crippen LogP contribution in [-0.4, -0.2) is 63.0 Å². The molecule has 0 fully saturated rings. The molecule has 1 heterocycles. The number of nitrogens with zero attached hydrogens (tertiary/aromatic N) is 3. The summed E-state index contributed by atoms with van der Waals surface area (Å²) < 4.78 is 83.3. The van der Waals surface area contributed by atoms with Crippen LogP contribution < -0.4 is 11.1 Å². The summed E-state index contributed by atoms with van der Waals surface area (Å²) in [6.07, 6.45) is -4.38. The van der Waals surface area contributed by atoms with Gasteiger partial charge in [-0.15, -0.1) is 0 Å². The number of aromatic nitrogens is 2. The lowest BCUT2D eigenvalue weighted by Crippen LogP contribution is -2.60. The summed E-state index contributed by atoms with van der Waals surface area (Å²) in [6, 6.07) is 7.45. The van der Waals surface area contributed by atoms with Crippen molar-refractivity contribution in [2.45, 2.75) is 18.7 Å². The number of carbonyl (C=O) groups excluding carboxylic acids is 2. The molecule has 0 aliphatic rings. The van der Waals surface area contributed by atoms with Crippen LogP contribution in [0.1, 0.15) is 27.6 Å². The maximum absolute atomic E-state index is 14.0. The predicted molar refractivity (Wildman–Crippen MR) is 119 cm³/mol. The van der Waals surface area contributed by atoms with E-state index in [1.807, 2.05) is 5.32 Å². The standard InChI is InChI=1S/C23H21F6N5O3/c1-2-33(21(36)15-4-3-5-17(25)18(15)26)12-22(37,23(27,28)29)11-31-20(35)16-10-32-34(19(16)30)14-8-6-13(24)7-9-14/h3-10,37H,2,11-12,30H2,1H3,(H,31,35). The molecule has 14 heteroatoms. The molecule has 1 atom stereocenters. The van der Waals surface area contributed by atoms with Gasteiger partial charge in [-0.3, -0.25) is 9.59 Å². The molecular weight excluding hydrogens is 508 g/mol. The Morgan fingerprint density at radius 1 is 1.08 bits per heavy atom. The number of hydrogen-bond donors (Lipinski definition) is 3. The quantitative estimate of drug-likeness (QED) is 0.389. The van der Waals surface area contributed by atoms with E-state index in [2.05, 4.69) is 5.10 Å². The molecule has 0 aliphatic carbocycles. The second-order valence-corrected chi connectivity index (χ2v) is 7.96. The molecule has 1 aromatic heterocycles. The van der Waals surface area contributed by atoms with E-state index in [9.17, 15) is 41.0 Å². The van der Waals surface area contributed by atoms with Crippen LogP contribution in [0.3, 0.4) is 0 Å². The summed E-state index contributed by atoms with van der Waals surface area (Å²) >= 11 is 0. The van der Waals surface area contributed by atoms with E-state index >= 15 is 0 Å². The van der Waals surface area contributed by atoms with E-state index < -0.39 is 66.2 Å². The minimum Gasteiger partial charge on any atom is -0.383 e. The van der Waals surface area contributed by atoms with Gasteiger partial charge in [0.25, 0.3) is 11.8 Å². The fourth-order valence-electron chi connectivity index (χ4n) is 3.37. The Balaban J connectivity index is 1.80. The molecule has 0 spiro atoms. The van der Waals surface area contributed by atoms with E-state index in [0.29, 0.717) is 4.90 Å². The summed E-state index contributed by atoms with van der Waals surface area (Å²) in [6.45, 7) is -1.94. The van der Waals surface area contributed by atoms with Gasteiger partial charge in [-0.25, -0.2) is 17.9 Å². The van der Waals surface area contributed by atoms with Crippen molar-refractivity contribution in [2.75, 3.05) is 25.4 Å². The van der Waals surface area contributed by atoms with E-state index in [1.54, 1.807) is 0 Å². The third kappa shape index (κ3) is 5.69. The number of nitrogens with one attached hydrogen (secondary N) is 1. The molecule has 37 heavy (non-hydrogen) atoms. The molecule has 0 saturated heterocycles. The third-order valence-electron chi connectivity index (χ3n) is 5.49. The largest absolute Gasteiger partial charge is 0.420 e. The lowest BCUT2D eigenvalue weighted by molar-refractivity contribution is -0.259. The van der Waals surface area contributed by atoms with Crippen LogP contribution >= 0.6 is 0 Å². The minimum atomic E-state index is -5.35. The first kappa shape index (κ1) is 27.5. The Morgan fingerprint density at radius 2 is 1.73 bits per heavy atom. The van der Waals surface area contributed by atoms with Crippen molar-refractivity contribution in [3.63, 3.8) is 0 Å². The van der Waals surface area contributed by atoms with Crippen molar-refractivity contribution in [1.29, 1.82) is 0 Å². The highest BCUT2D eigenvalue weighted by molar-refractivity contribution is 5.98. The monoisotopic (exact) mass is 529 g/mol. The Morgan fingerprint density at radius 3 is 2.32 bits per heavy atom. The number of amides is 2. The summed E-state index contributed by atoms with van der Waals surface area (Å²) in [7, 11) is 0. The maximum atomic E-state index is 14.0. The molecule has 8 nitrogen and oxygen atoms in total. The second-order valence-electron chi connectivity index (χ2n) is 7.96. The Kier molecular flexibility index (Phi) is 7.81. The van der Waals surface area contributed by atoms with Crippen molar-refractivity contribution in [3.05, 3.63) is 77.2 Å². The van der Waals surface area contributed by atoms with Gasteiger partial charge in [0, 0.05) is 6.54 Å².